The number of rotatable bonds is 5. The summed E-state index contributed by atoms with van der Waals surface area (Å²) in [6, 6.07) is 1.91. The van der Waals surface area contributed by atoms with E-state index in [2.05, 4.69) is 30.6 Å². The van der Waals surface area contributed by atoms with Gasteiger partial charge in [0.25, 0.3) is 0 Å². The number of aromatic amines is 1. The van der Waals surface area contributed by atoms with E-state index >= 15 is 0 Å². The Morgan fingerprint density at radius 1 is 1.32 bits per heavy atom. The van der Waals surface area contributed by atoms with Gasteiger partial charge < -0.3 is 20.0 Å². The van der Waals surface area contributed by atoms with Gasteiger partial charge in [0.1, 0.15) is 5.52 Å². The Bertz CT molecular complexity index is 660. The number of furan rings is 1. The fourth-order valence-electron chi connectivity index (χ4n) is 1.78. The zero-order valence-corrected chi connectivity index (χ0v) is 10.5. The summed E-state index contributed by atoms with van der Waals surface area (Å²) in [7, 11) is 0. The highest BCUT2D eigenvalue weighted by atomic mass is 16.3. The van der Waals surface area contributed by atoms with Crippen molar-refractivity contribution >= 4 is 22.9 Å². The third-order valence-electron chi connectivity index (χ3n) is 2.66. The summed E-state index contributed by atoms with van der Waals surface area (Å²) in [5, 5.41) is 6.34. The molecular formula is C12H14N6O. The molecule has 3 aromatic heterocycles. The van der Waals surface area contributed by atoms with Crippen LogP contribution in [0.5, 0.6) is 0 Å². The second-order valence-electron chi connectivity index (χ2n) is 4.01. The summed E-state index contributed by atoms with van der Waals surface area (Å²) >= 11 is 0. The van der Waals surface area contributed by atoms with Crippen LogP contribution in [0, 0.1) is 0 Å². The van der Waals surface area contributed by atoms with Gasteiger partial charge in [0, 0.05) is 18.7 Å². The maximum absolute atomic E-state index is 5.03. The lowest BCUT2D eigenvalue weighted by atomic mass is 10.3. The maximum Gasteiger partial charge on any atom is 0.226 e. The Morgan fingerprint density at radius 2 is 2.26 bits per heavy atom. The van der Waals surface area contributed by atoms with E-state index in [0.717, 1.165) is 23.4 Å². The predicted molar refractivity (Wildman–Crippen MR) is 71.9 cm³/mol. The highest BCUT2D eigenvalue weighted by molar-refractivity contribution is 5.83. The van der Waals surface area contributed by atoms with E-state index in [-0.39, 0.29) is 0 Å². The summed E-state index contributed by atoms with van der Waals surface area (Å²) in [4.78, 5) is 15.9. The molecule has 0 amide bonds. The standard InChI is InChI=1S/C12H14N6O/c1-2-13-12-17-10(9-11(18-12)16-7-15-9)14-5-8-3-4-19-6-8/h3-4,6-7H,2,5H2,1H3,(H3,13,14,15,16,17,18). The van der Waals surface area contributed by atoms with Crippen LogP contribution in [0.1, 0.15) is 12.5 Å². The van der Waals surface area contributed by atoms with Gasteiger partial charge in [-0.05, 0) is 13.0 Å². The molecule has 98 valence electrons. The molecule has 3 rings (SSSR count). The van der Waals surface area contributed by atoms with Gasteiger partial charge in [-0.3, -0.25) is 0 Å². The van der Waals surface area contributed by atoms with Gasteiger partial charge in [-0.1, -0.05) is 0 Å². The highest BCUT2D eigenvalue weighted by Crippen LogP contribution is 2.19. The Hall–Kier alpha value is -2.57. The molecule has 0 spiro atoms. The van der Waals surface area contributed by atoms with E-state index in [4.69, 9.17) is 4.42 Å². The number of anilines is 2. The van der Waals surface area contributed by atoms with Crippen molar-refractivity contribution in [1.29, 1.82) is 0 Å². The van der Waals surface area contributed by atoms with Crippen molar-refractivity contribution in [3.05, 3.63) is 30.5 Å². The molecular weight excluding hydrogens is 244 g/mol. The highest BCUT2D eigenvalue weighted by Gasteiger charge is 2.09. The first-order valence-electron chi connectivity index (χ1n) is 6.06. The minimum absolute atomic E-state index is 0.566. The largest absolute Gasteiger partial charge is 0.472 e. The molecule has 0 fully saturated rings. The van der Waals surface area contributed by atoms with Crippen LogP contribution in [0.4, 0.5) is 11.8 Å². The Kier molecular flexibility index (Phi) is 3.01. The zero-order chi connectivity index (χ0) is 13.1. The molecule has 3 heterocycles. The summed E-state index contributed by atoms with van der Waals surface area (Å²) < 4.78 is 5.03. The fraction of sp³-hybridized carbons (Fsp3) is 0.250. The van der Waals surface area contributed by atoms with Gasteiger partial charge in [-0.2, -0.15) is 9.97 Å². The van der Waals surface area contributed by atoms with Crippen LogP contribution in [0.25, 0.3) is 11.2 Å². The predicted octanol–water partition coefficient (Wildman–Crippen LogP) is 1.99. The summed E-state index contributed by atoms with van der Waals surface area (Å²) in [5.74, 6) is 1.29. The van der Waals surface area contributed by atoms with Crippen LogP contribution in [-0.4, -0.2) is 26.5 Å². The van der Waals surface area contributed by atoms with E-state index in [9.17, 15) is 0 Å². The second-order valence-corrected chi connectivity index (χ2v) is 4.01. The lowest BCUT2D eigenvalue weighted by Crippen LogP contribution is -2.07. The first-order chi connectivity index (χ1) is 9.36. The molecule has 7 heteroatoms. The van der Waals surface area contributed by atoms with Gasteiger partial charge in [0.2, 0.25) is 5.95 Å². The SMILES string of the molecule is CCNc1nc(NCc2ccoc2)c2[nH]cnc2n1. The minimum atomic E-state index is 0.566. The molecule has 7 nitrogen and oxygen atoms in total. The third kappa shape index (κ3) is 2.35. The summed E-state index contributed by atoms with van der Waals surface area (Å²) in [5.41, 5.74) is 2.49. The van der Waals surface area contributed by atoms with Crippen LogP contribution in [0.3, 0.4) is 0 Å². The average Bonchev–Trinajstić information content (AvgIpc) is 3.07. The topological polar surface area (TPSA) is 91.7 Å². The number of fused-ring (bicyclic) bond motifs is 1. The Morgan fingerprint density at radius 3 is 3.05 bits per heavy atom. The van der Waals surface area contributed by atoms with E-state index in [1.807, 2.05) is 13.0 Å². The summed E-state index contributed by atoms with van der Waals surface area (Å²) in [6.07, 6.45) is 4.95. The molecule has 0 aliphatic carbocycles. The van der Waals surface area contributed by atoms with E-state index in [1.165, 1.54) is 0 Å². The number of hydrogen-bond donors (Lipinski definition) is 3. The molecule has 0 saturated heterocycles. The van der Waals surface area contributed by atoms with E-state index in [1.54, 1.807) is 18.9 Å². The second kappa shape index (κ2) is 4.97. The Balaban J connectivity index is 1.89. The van der Waals surface area contributed by atoms with E-state index in [0.29, 0.717) is 18.1 Å². The number of imidazole rings is 1. The van der Waals surface area contributed by atoms with E-state index < -0.39 is 0 Å². The molecule has 0 aliphatic heterocycles. The van der Waals surface area contributed by atoms with Gasteiger partial charge in [0.15, 0.2) is 11.5 Å². The van der Waals surface area contributed by atoms with Crippen molar-refractivity contribution in [2.45, 2.75) is 13.5 Å². The molecule has 0 radical (unpaired) electrons. The first-order valence-corrected chi connectivity index (χ1v) is 6.06. The van der Waals surface area contributed by atoms with Gasteiger partial charge in [0.05, 0.1) is 18.9 Å². The third-order valence-corrected chi connectivity index (χ3v) is 2.66. The molecule has 0 atom stereocenters. The fourth-order valence-corrected chi connectivity index (χ4v) is 1.78. The lowest BCUT2D eigenvalue weighted by molar-refractivity contribution is 0.564. The molecule has 0 saturated carbocycles. The molecule has 0 bridgehead atoms. The normalized spacial score (nSPS) is 10.8. The van der Waals surface area contributed by atoms with Crippen molar-refractivity contribution < 1.29 is 4.42 Å². The van der Waals surface area contributed by atoms with Crippen LogP contribution < -0.4 is 10.6 Å². The molecule has 3 N–H and O–H groups in total. The average molecular weight is 258 g/mol. The smallest absolute Gasteiger partial charge is 0.226 e. The molecule has 19 heavy (non-hydrogen) atoms. The van der Waals surface area contributed by atoms with Gasteiger partial charge in [-0.25, -0.2) is 4.98 Å². The van der Waals surface area contributed by atoms with Crippen molar-refractivity contribution in [3.63, 3.8) is 0 Å². The van der Waals surface area contributed by atoms with Crippen molar-refractivity contribution in [2.24, 2.45) is 0 Å². The first kappa shape index (κ1) is 11.5. The molecule has 0 unspecified atom stereocenters. The number of nitrogens with one attached hydrogen (secondary N) is 3. The number of hydrogen-bond acceptors (Lipinski definition) is 6. The monoisotopic (exact) mass is 258 g/mol. The quantitative estimate of drug-likeness (QED) is 0.648. The maximum atomic E-state index is 5.03. The van der Waals surface area contributed by atoms with Crippen molar-refractivity contribution in [3.8, 4) is 0 Å². The van der Waals surface area contributed by atoms with Crippen LogP contribution >= 0.6 is 0 Å². The van der Waals surface area contributed by atoms with Gasteiger partial charge in [-0.15, -0.1) is 0 Å². The number of nitrogens with zero attached hydrogens (tertiary/aromatic N) is 3. The van der Waals surface area contributed by atoms with Crippen molar-refractivity contribution in [2.75, 3.05) is 17.2 Å². The minimum Gasteiger partial charge on any atom is -0.472 e. The van der Waals surface area contributed by atoms with Crippen LogP contribution in [0.15, 0.2) is 29.3 Å². The molecule has 0 aliphatic rings. The molecule has 3 aromatic rings. The van der Waals surface area contributed by atoms with Crippen LogP contribution in [-0.2, 0) is 6.54 Å². The zero-order valence-electron chi connectivity index (χ0n) is 10.5. The van der Waals surface area contributed by atoms with Crippen LogP contribution in [0.2, 0.25) is 0 Å². The number of H-pyrrole nitrogens is 1. The lowest BCUT2D eigenvalue weighted by Gasteiger charge is -2.07. The number of aromatic nitrogens is 4. The molecule has 0 aromatic carbocycles. The van der Waals surface area contributed by atoms with Gasteiger partial charge >= 0.3 is 0 Å². The Labute approximate surface area is 109 Å². The van der Waals surface area contributed by atoms with Crippen molar-refractivity contribution in [1.82, 2.24) is 19.9 Å². The summed E-state index contributed by atoms with van der Waals surface area (Å²) in [6.45, 7) is 3.39.